The number of nitrogens with zero attached hydrogens (tertiary/aromatic N) is 3. The molecule has 5 rings (SSSR count). The van der Waals surface area contributed by atoms with E-state index in [0.717, 1.165) is 36.9 Å². The van der Waals surface area contributed by atoms with Crippen LogP contribution in [0.1, 0.15) is 36.8 Å². The van der Waals surface area contributed by atoms with E-state index in [9.17, 15) is 9.59 Å². The second-order valence-corrected chi connectivity index (χ2v) is 8.79. The molecule has 1 aliphatic carbocycles. The molecule has 2 aliphatic heterocycles. The quantitative estimate of drug-likeness (QED) is 0.774. The summed E-state index contributed by atoms with van der Waals surface area (Å²) < 4.78 is 0. The molecular formula is C24H29N5O2. The third-order valence-corrected chi connectivity index (χ3v) is 6.94. The van der Waals surface area contributed by atoms with Gasteiger partial charge in [0.15, 0.2) is 0 Å². The van der Waals surface area contributed by atoms with E-state index in [4.69, 9.17) is 0 Å². The molecule has 0 spiro atoms. The van der Waals surface area contributed by atoms with E-state index in [1.807, 2.05) is 30.3 Å². The number of piperazine rings is 1. The first-order valence-electron chi connectivity index (χ1n) is 11.2. The lowest BCUT2D eigenvalue weighted by atomic mass is 9.78. The van der Waals surface area contributed by atoms with Gasteiger partial charge in [-0.25, -0.2) is 5.01 Å². The Morgan fingerprint density at radius 1 is 1.03 bits per heavy atom. The molecule has 162 valence electrons. The number of amides is 2. The fourth-order valence-corrected chi connectivity index (χ4v) is 5.36. The Balaban J connectivity index is 1.32. The van der Waals surface area contributed by atoms with E-state index in [-0.39, 0.29) is 35.9 Å². The summed E-state index contributed by atoms with van der Waals surface area (Å²) in [5, 5.41) is 5.28. The van der Waals surface area contributed by atoms with Crippen LogP contribution < -0.4 is 10.7 Å². The second kappa shape index (κ2) is 8.77. The lowest BCUT2D eigenvalue weighted by Crippen LogP contribution is -2.68. The van der Waals surface area contributed by atoms with Gasteiger partial charge in [0.05, 0.1) is 0 Å². The van der Waals surface area contributed by atoms with Crippen LogP contribution in [0.5, 0.6) is 0 Å². The van der Waals surface area contributed by atoms with Crippen molar-refractivity contribution in [1.82, 2.24) is 25.6 Å². The maximum Gasteiger partial charge on any atom is 0.242 e. The second-order valence-electron chi connectivity index (χ2n) is 8.79. The highest BCUT2D eigenvalue weighted by Crippen LogP contribution is 2.38. The normalized spacial score (nSPS) is 28.1. The molecule has 1 aromatic carbocycles. The molecule has 2 aromatic rings. The van der Waals surface area contributed by atoms with Crippen molar-refractivity contribution >= 4 is 11.8 Å². The Hall–Kier alpha value is -2.77. The van der Waals surface area contributed by atoms with Gasteiger partial charge in [-0.3, -0.25) is 20.0 Å². The number of carbonyl (C=O) groups is 2. The Kier molecular flexibility index (Phi) is 5.70. The average molecular weight is 420 g/mol. The zero-order valence-electron chi connectivity index (χ0n) is 17.6. The SMILES string of the molecule is O=C(NCc1ccncc1)C1CCC2C(C1)N(Cc1ccccc1)C(=O)C1CCNN12. The van der Waals surface area contributed by atoms with Crippen molar-refractivity contribution in [2.45, 2.75) is 56.9 Å². The predicted octanol–water partition coefficient (Wildman–Crippen LogP) is 1.86. The highest BCUT2D eigenvalue weighted by Gasteiger charge is 2.51. The van der Waals surface area contributed by atoms with Crippen LogP contribution in [0.15, 0.2) is 54.9 Å². The van der Waals surface area contributed by atoms with Crippen molar-refractivity contribution in [3.63, 3.8) is 0 Å². The summed E-state index contributed by atoms with van der Waals surface area (Å²) in [7, 11) is 0. The predicted molar refractivity (Wildman–Crippen MR) is 116 cm³/mol. The van der Waals surface area contributed by atoms with Gasteiger partial charge in [0.2, 0.25) is 11.8 Å². The van der Waals surface area contributed by atoms with Crippen molar-refractivity contribution in [3.8, 4) is 0 Å². The molecule has 7 nitrogen and oxygen atoms in total. The van der Waals surface area contributed by atoms with E-state index < -0.39 is 0 Å². The van der Waals surface area contributed by atoms with Gasteiger partial charge in [0.1, 0.15) is 6.04 Å². The van der Waals surface area contributed by atoms with Crippen molar-refractivity contribution in [3.05, 3.63) is 66.0 Å². The summed E-state index contributed by atoms with van der Waals surface area (Å²) in [6, 6.07) is 14.2. The fourth-order valence-electron chi connectivity index (χ4n) is 5.36. The van der Waals surface area contributed by atoms with Gasteiger partial charge in [0.25, 0.3) is 0 Å². The first kappa shape index (κ1) is 20.2. The van der Waals surface area contributed by atoms with Crippen LogP contribution in [0.25, 0.3) is 0 Å². The minimum Gasteiger partial charge on any atom is -0.352 e. The van der Waals surface area contributed by atoms with Gasteiger partial charge in [-0.1, -0.05) is 30.3 Å². The van der Waals surface area contributed by atoms with Crippen LogP contribution >= 0.6 is 0 Å². The minimum atomic E-state index is -0.0815. The van der Waals surface area contributed by atoms with E-state index in [0.29, 0.717) is 19.5 Å². The van der Waals surface area contributed by atoms with Crippen LogP contribution in [0, 0.1) is 5.92 Å². The van der Waals surface area contributed by atoms with Gasteiger partial charge in [-0.05, 0) is 48.9 Å². The number of aromatic nitrogens is 1. The Morgan fingerprint density at radius 2 is 1.84 bits per heavy atom. The number of hydrazine groups is 1. The Bertz CT molecular complexity index is 922. The summed E-state index contributed by atoms with van der Waals surface area (Å²) in [5.74, 6) is 0.195. The Morgan fingerprint density at radius 3 is 2.65 bits per heavy atom. The van der Waals surface area contributed by atoms with Crippen molar-refractivity contribution in [1.29, 1.82) is 0 Å². The number of rotatable bonds is 5. The van der Waals surface area contributed by atoms with Gasteiger partial charge >= 0.3 is 0 Å². The van der Waals surface area contributed by atoms with Crippen molar-refractivity contribution in [2.75, 3.05) is 6.54 Å². The topological polar surface area (TPSA) is 77.6 Å². The lowest BCUT2D eigenvalue weighted by molar-refractivity contribution is -0.157. The van der Waals surface area contributed by atoms with E-state index >= 15 is 0 Å². The molecule has 2 N–H and O–H groups in total. The zero-order valence-corrected chi connectivity index (χ0v) is 17.6. The zero-order chi connectivity index (χ0) is 21.2. The van der Waals surface area contributed by atoms with Crippen LogP contribution in [-0.4, -0.2) is 51.4 Å². The monoisotopic (exact) mass is 419 g/mol. The summed E-state index contributed by atoms with van der Waals surface area (Å²) >= 11 is 0. The molecule has 3 heterocycles. The first-order valence-corrected chi connectivity index (χ1v) is 11.2. The number of hydrogen-bond acceptors (Lipinski definition) is 5. The molecule has 1 saturated carbocycles. The summed E-state index contributed by atoms with van der Waals surface area (Å²) in [6.07, 6.45) is 6.80. The molecule has 3 aliphatic rings. The summed E-state index contributed by atoms with van der Waals surface area (Å²) in [5.41, 5.74) is 5.62. The smallest absolute Gasteiger partial charge is 0.242 e. The van der Waals surface area contributed by atoms with Crippen molar-refractivity contribution < 1.29 is 9.59 Å². The van der Waals surface area contributed by atoms with Gasteiger partial charge in [-0.15, -0.1) is 0 Å². The van der Waals surface area contributed by atoms with Crippen molar-refractivity contribution in [2.24, 2.45) is 5.92 Å². The summed E-state index contributed by atoms with van der Waals surface area (Å²) in [6.45, 7) is 1.96. The molecule has 31 heavy (non-hydrogen) atoms. The largest absolute Gasteiger partial charge is 0.352 e. The maximum absolute atomic E-state index is 13.4. The highest BCUT2D eigenvalue weighted by molar-refractivity contribution is 5.84. The van der Waals surface area contributed by atoms with E-state index in [2.05, 4.69) is 37.8 Å². The number of benzene rings is 1. The van der Waals surface area contributed by atoms with Crippen LogP contribution in [0.4, 0.5) is 0 Å². The number of pyridine rings is 1. The van der Waals surface area contributed by atoms with Gasteiger partial charge in [-0.2, -0.15) is 0 Å². The first-order chi connectivity index (χ1) is 15.2. The fraction of sp³-hybridized carbons (Fsp3) is 0.458. The standard InChI is InChI=1S/C24H29N5O2/c30-23(26-15-17-8-11-25-12-9-17)19-6-7-20-22(14-19)28(16-18-4-2-1-3-5-18)24(31)21-10-13-27-29(20)21/h1-5,8-9,11-12,19-22,27H,6-7,10,13-16H2,(H,26,30). The average Bonchev–Trinajstić information content (AvgIpc) is 3.32. The molecule has 7 heteroatoms. The molecular weight excluding hydrogens is 390 g/mol. The van der Waals surface area contributed by atoms with E-state index in [1.54, 1.807) is 12.4 Å². The molecule has 2 saturated heterocycles. The number of fused-ring (bicyclic) bond motifs is 3. The molecule has 1 aromatic heterocycles. The van der Waals surface area contributed by atoms with Gasteiger partial charge in [0, 0.05) is 50.0 Å². The number of nitrogens with one attached hydrogen (secondary N) is 2. The van der Waals surface area contributed by atoms with Crippen LogP contribution in [-0.2, 0) is 22.7 Å². The minimum absolute atomic E-state index is 0.0416. The Labute approximate surface area is 182 Å². The molecule has 3 fully saturated rings. The number of carbonyl (C=O) groups excluding carboxylic acids is 2. The molecule has 4 unspecified atom stereocenters. The van der Waals surface area contributed by atoms with Crippen LogP contribution in [0.3, 0.4) is 0 Å². The third kappa shape index (κ3) is 4.07. The molecule has 4 atom stereocenters. The molecule has 0 radical (unpaired) electrons. The lowest BCUT2D eigenvalue weighted by Gasteiger charge is -2.51. The maximum atomic E-state index is 13.4. The van der Waals surface area contributed by atoms with E-state index in [1.165, 1.54) is 0 Å². The molecule has 0 bridgehead atoms. The summed E-state index contributed by atoms with van der Waals surface area (Å²) in [4.78, 5) is 32.4. The third-order valence-electron chi connectivity index (χ3n) is 6.94. The molecule has 2 amide bonds. The van der Waals surface area contributed by atoms with Crippen LogP contribution in [0.2, 0.25) is 0 Å². The highest BCUT2D eigenvalue weighted by atomic mass is 16.2. The van der Waals surface area contributed by atoms with Gasteiger partial charge < -0.3 is 10.2 Å². The number of hydrogen-bond donors (Lipinski definition) is 2.